The van der Waals surface area contributed by atoms with Crippen molar-refractivity contribution in [1.82, 2.24) is 14.5 Å². The highest BCUT2D eigenvalue weighted by Crippen LogP contribution is 2.34. The zero-order valence-corrected chi connectivity index (χ0v) is 17.2. The van der Waals surface area contributed by atoms with Crippen molar-refractivity contribution < 1.29 is 17.9 Å². The molecule has 2 aliphatic rings. The van der Waals surface area contributed by atoms with Gasteiger partial charge in [0.15, 0.2) is 11.5 Å². The Kier molecular flexibility index (Phi) is 7.15. The molecule has 0 bridgehead atoms. The van der Waals surface area contributed by atoms with E-state index in [9.17, 15) is 8.42 Å². The van der Waals surface area contributed by atoms with Gasteiger partial charge in [0.05, 0.1) is 19.1 Å². The summed E-state index contributed by atoms with van der Waals surface area (Å²) in [5.41, 5.74) is 0.670. The van der Waals surface area contributed by atoms with Crippen LogP contribution in [0.1, 0.15) is 12.0 Å². The largest absolute Gasteiger partial charge is 0.493 e. The van der Waals surface area contributed by atoms with Gasteiger partial charge in [-0.3, -0.25) is 4.90 Å². The lowest BCUT2D eigenvalue weighted by atomic mass is 10.2. The lowest BCUT2D eigenvalue weighted by Crippen LogP contribution is -2.49. The van der Waals surface area contributed by atoms with Gasteiger partial charge in [0.2, 0.25) is 10.0 Å². The zero-order chi connectivity index (χ0) is 18.0. The van der Waals surface area contributed by atoms with Gasteiger partial charge >= 0.3 is 0 Å². The van der Waals surface area contributed by atoms with E-state index in [1.807, 2.05) is 0 Å². The Morgan fingerprint density at radius 1 is 1.08 bits per heavy atom. The Bertz CT molecular complexity index is 723. The summed E-state index contributed by atoms with van der Waals surface area (Å²) >= 11 is 0. The first-order chi connectivity index (χ1) is 12.0. The number of piperazine rings is 1. The minimum absolute atomic E-state index is 0. The Hall–Kier alpha value is -1.06. The number of hydrogen-bond donors (Lipinski definition) is 1. The maximum atomic E-state index is 13.2. The van der Waals surface area contributed by atoms with Crippen LogP contribution in [0.2, 0.25) is 0 Å². The Balaban J connectivity index is 0.00000243. The molecule has 3 rings (SSSR count). The number of benzene rings is 1. The second-order valence-corrected chi connectivity index (χ2v) is 8.47. The van der Waals surface area contributed by atoms with Crippen LogP contribution in [-0.2, 0) is 10.0 Å². The number of aryl methyl sites for hydroxylation is 1. The number of ether oxygens (including phenoxy) is 2. The summed E-state index contributed by atoms with van der Waals surface area (Å²) in [4.78, 5) is 2.69. The van der Waals surface area contributed by atoms with Gasteiger partial charge < -0.3 is 14.8 Å². The normalized spacial score (nSPS) is 22.0. The third-order valence-electron chi connectivity index (χ3n) is 5.09. The summed E-state index contributed by atoms with van der Waals surface area (Å²) in [6.45, 7) is 6.80. The molecule has 1 N–H and O–H groups in total. The van der Waals surface area contributed by atoms with Crippen molar-refractivity contribution in [3.63, 3.8) is 0 Å². The third-order valence-corrected chi connectivity index (χ3v) is 7.10. The van der Waals surface area contributed by atoms with Gasteiger partial charge in [0.1, 0.15) is 0 Å². The SMILES string of the molecule is COc1cc(C)c(S(=O)(=O)N2CCC(N3CCNCC3)C2)cc1OC.Cl. The molecule has 7 nitrogen and oxygen atoms in total. The van der Waals surface area contributed by atoms with E-state index in [4.69, 9.17) is 9.47 Å². The smallest absolute Gasteiger partial charge is 0.243 e. The second-order valence-electron chi connectivity index (χ2n) is 6.56. The number of sulfonamides is 1. The molecular weight excluding hydrogens is 378 g/mol. The van der Waals surface area contributed by atoms with Crippen LogP contribution in [0.5, 0.6) is 11.5 Å². The predicted octanol–water partition coefficient (Wildman–Crippen LogP) is 1.10. The van der Waals surface area contributed by atoms with Crippen molar-refractivity contribution >= 4 is 22.4 Å². The van der Waals surface area contributed by atoms with E-state index < -0.39 is 10.0 Å². The van der Waals surface area contributed by atoms with E-state index in [0.29, 0.717) is 41.1 Å². The second kappa shape index (κ2) is 8.75. The highest BCUT2D eigenvalue weighted by molar-refractivity contribution is 7.89. The van der Waals surface area contributed by atoms with Gasteiger partial charge in [-0.1, -0.05) is 0 Å². The molecule has 0 aliphatic carbocycles. The van der Waals surface area contributed by atoms with E-state index in [0.717, 1.165) is 32.6 Å². The highest BCUT2D eigenvalue weighted by Gasteiger charge is 2.36. The summed E-state index contributed by atoms with van der Waals surface area (Å²) in [5.74, 6) is 0.976. The van der Waals surface area contributed by atoms with Crippen LogP contribution in [0, 0.1) is 6.92 Å². The van der Waals surface area contributed by atoms with E-state index in [1.54, 1.807) is 30.5 Å². The summed E-state index contributed by atoms with van der Waals surface area (Å²) in [7, 11) is -0.484. The van der Waals surface area contributed by atoms with Crippen molar-refractivity contribution in [3.8, 4) is 11.5 Å². The lowest BCUT2D eigenvalue weighted by molar-refractivity contribution is 0.179. The molecule has 0 saturated carbocycles. The quantitative estimate of drug-likeness (QED) is 0.791. The van der Waals surface area contributed by atoms with E-state index in [1.165, 1.54) is 7.11 Å². The molecule has 0 aromatic heterocycles. The minimum atomic E-state index is -3.54. The fraction of sp³-hybridized carbons (Fsp3) is 0.647. The lowest BCUT2D eigenvalue weighted by Gasteiger charge is -2.32. The summed E-state index contributed by atoms with van der Waals surface area (Å²) in [5, 5.41) is 3.34. The molecule has 0 amide bonds. The zero-order valence-electron chi connectivity index (χ0n) is 15.5. The van der Waals surface area contributed by atoms with Crippen molar-refractivity contribution in [2.24, 2.45) is 0 Å². The number of methoxy groups -OCH3 is 2. The summed E-state index contributed by atoms with van der Waals surface area (Å²) < 4.78 is 38.4. The van der Waals surface area contributed by atoms with Crippen molar-refractivity contribution in [3.05, 3.63) is 17.7 Å². The molecule has 2 heterocycles. The Morgan fingerprint density at radius 3 is 2.31 bits per heavy atom. The molecule has 1 aromatic rings. The number of nitrogens with zero attached hydrogens (tertiary/aromatic N) is 2. The third kappa shape index (κ3) is 4.09. The first-order valence-electron chi connectivity index (χ1n) is 8.65. The van der Waals surface area contributed by atoms with Gasteiger partial charge in [0, 0.05) is 51.4 Å². The van der Waals surface area contributed by atoms with E-state index >= 15 is 0 Å². The molecular formula is C17H28ClN3O4S. The van der Waals surface area contributed by atoms with Gasteiger partial charge in [-0.05, 0) is 25.0 Å². The molecule has 26 heavy (non-hydrogen) atoms. The average Bonchev–Trinajstić information content (AvgIpc) is 3.13. The van der Waals surface area contributed by atoms with Gasteiger partial charge in [-0.15, -0.1) is 12.4 Å². The van der Waals surface area contributed by atoms with Crippen LogP contribution in [0.25, 0.3) is 0 Å². The minimum Gasteiger partial charge on any atom is -0.493 e. The van der Waals surface area contributed by atoms with Crippen LogP contribution >= 0.6 is 12.4 Å². The first kappa shape index (κ1) is 21.2. The monoisotopic (exact) mass is 405 g/mol. The van der Waals surface area contributed by atoms with Crippen LogP contribution in [0.3, 0.4) is 0 Å². The number of hydrogen-bond acceptors (Lipinski definition) is 6. The molecule has 0 radical (unpaired) electrons. The fourth-order valence-electron chi connectivity index (χ4n) is 3.65. The maximum Gasteiger partial charge on any atom is 0.243 e. The topological polar surface area (TPSA) is 71.1 Å². The first-order valence-corrected chi connectivity index (χ1v) is 10.1. The predicted molar refractivity (Wildman–Crippen MR) is 103 cm³/mol. The Morgan fingerprint density at radius 2 is 1.69 bits per heavy atom. The van der Waals surface area contributed by atoms with E-state index in [2.05, 4.69) is 10.2 Å². The molecule has 1 atom stereocenters. The number of halogens is 1. The summed E-state index contributed by atoms with van der Waals surface area (Å²) in [6.07, 6.45) is 0.881. The van der Waals surface area contributed by atoms with Gasteiger partial charge in [0.25, 0.3) is 0 Å². The van der Waals surface area contributed by atoms with E-state index in [-0.39, 0.29) is 12.4 Å². The molecule has 2 aliphatic heterocycles. The standard InChI is InChI=1S/C17H27N3O4S.ClH/c1-13-10-15(23-2)16(24-3)11-17(13)25(21,22)20-7-4-14(12-20)19-8-5-18-6-9-19;/h10-11,14,18H,4-9,12H2,1-3H3;1H. The molecule has 2 fully saturated rings. The van der Waals surface area contributed by atoms with Gasteiger partial charge in [-0.2, -0.15) is 4.31 Å². The van der Waals surface area contributed by atoms with Crippen LogP contribution in [0.15, 0.2) is 17.0 Å². The number of rotatable bonds is 5. The maximum absolute atomic E-state index is 13.2. The van der Waals surface area contributed by atoms with Crippen molar-refractivity contribution in [2.75, 3.05) is 53.5 Å². The molecule has 1 unspecified atom stereocenters. The fourth-order valence-corrected chi connectivity index (χ4v) is 5.37. The molecule has 2 saturated heterocycles. The molecule has 0 spiro atoms. The Labute approximate surface area is 162 Å². The summed E-state index contributed by atoms with van der Waals surface area (Å²) in [6, 6.07) is 3.59. The van der Waals surface area contributed by atoms with Crippen LogP contribution in [-0.4, -0.2) is 77.2 Å². The molecule has 1 aromatic carbocycles. The van der Waals surface area contributed by atoms with Crippen molar-refractivity contribution in [2.45, 2.75) is 24.3 Å². The van der Waals surface area contributed by atoms with Crippen molar-refractivity contribution in [1.29, 1.82) is 0 Å². The highest BCUT2D eigenvalue weighted by atomic mass is 35.5. The molecule has 148 valence electrons. The number of nitrogens with one attached hydrogen (secondary N) is 1. The van der Waals surface area contributed by atoms with Gasteiger partial charge in [-0.25, -0.2) is 8.42 Å². The van der Waals surface area contributed by atoms with Crippen LogP contribution in [0.4, 0.5) is 0 Å². The molecule has 9 heteroatoms. The average molecular weight is 406 g/mol. The van der Waals surface area contributed by atoms with Crippen LogP contribution < -0.4 is 14.8 Å².